The molecule has 0 aliphatic rings. The molecule has 4 aromatic rings. The van der Waals surface area contributed by atoms with Gasteiger partial charge in [0.2, 0.25) is 0 Å². The fourth-order valence-electron chi connectivity index (χ4n) is 3.12. The van der Waals surface area contributed by atoms with Gasteiger partial charge in [0.15, 0.2) is 11.5 Å². The van der Waals surface area contributed by atoms with E-state index in [2.05, 4.69) is 20.6 Å². The fraction of sp³-hybridized carbons (Fsp3) is 0.125. The van der Waals surface area contributed by atoms with Crippen LogP contribution in [0.3, 0.4) is 0 Å². The summed E-state index contributed by atoms with van der Waals surface area (Å²) in [7, 11) is 3.16. The lowest BCUT2D eigenvalue weighted by molar-refractivity contribution is 0.251. The summed E-state index contributed by atoms with van der Waals surface area (Å²) in [5.41, 5.74) is 2.15. The maximum absolute atomic E-state index is 12.1. The van der Waals surface area contributed by atoms with Crippen LogP contribution in [0.25, 0.3) is 10.9 Å². The molecular formula is C24H22N4O4. The zero-order valence-electron chi connectivity index (χ0n) is 17.7. The molecule has 0 saturated heterocycles. The highest BCUT2D eigenvalue weighted by Crippen LogP contribution is 2.36. The van der Waals surface area contributed by atoms with E-state index < -0.39 is 0 Å². The predicted octanol–water partition coefficient (Wildman–Crippen LogP) is 4.76. The van der Waals surface area contributed by atoms with E-state index in [4.69, 9.17) is 14.2 Å². The van der Waals surface area contributed by atoms with Crippen LogP contribution in [0.4, 0.5) is 10.5 Å². The largest absolute Gasteiger partial charge is 0.493 e. The number of nitrogens with zero attached hydrogens (tertiary/aromatic N) is 2. The second-order valence-electron chi connectivity index (χ2n) is 6.79. The van der Waals surface area contributed by atoms with Crippen molar-refractivity contribution in [3.05, 3.63) is 78.8 Å². The number of fused-ring (bicyclic) bond motifs is 1. The van der Waals surface area contributed by atoms with E-state index in [9.17, 15) is 4.79 Å². The van der Waals surface area contributed by atoms with Gasteiger partial charge in [-0.25, -0.2) is 4.79 Å². The minimum atomic E-state index is -0.314. The summed E-state index contributed by atoms with van der Waals surface area (Å²) in [6.07, 6.45) is 3.36. The monoisotopic (exact) mass is 430 g/mol. The molecular weight excluding hydrogens is 408 g/mol. The number of benzene rings is 2. The number of amides is 2. The number of nitrogens with one attached hydrogen (secondary N) is 2. The number of anilines is 1. The maximum atomic E-state index is 12.1. The number of urea groups is 1. The zero-order chi connectivity index (χ0) is 22.3. The Labute approximate surface area is 185 Å². The van der Waals surface area contributed by atoms with Crippen LogP contribution >= 0.6 is 0 Å². The van der Waals surface area contributed by atoms with E-state index in [0.717, 1.165) is 16.6 Å². The van der Waals surface area contributed by atoms with E-state index in [1.807, 2.05) is 24.3 Å². The SMILES string of the molecule is COc1cc2nccc(Oc3ccc(NC(=O)NCc4ccccn4)cc3)c2cc1OC. The first-order valence-corrected chi connectivity index (χ1v) is 9.89. The van der Waals surface area contributed by atoms with Gasteiger partial charge >= 0.3 is 6.03 Å². The van der Waals surface area contributed by atoms with Gasteiger partial charge in [-0.1, -0.05) is 6.07 Å². The molecule has 0 bridgehead atoms. The molecule has 2 aromatic carbocycles. The van der Waals surface area contributed by atoms with Gasteiger partial charge in [0.1, 0.15) is 11.5 Å². The summed E-state index contributed by atoms with van der Waals surface area (Å²) < 4.78 is 16.8. The summed E-state index contributed by atoms with van der Waals surface area (Å²) in [4.78, 5) is 20.7. The van der Waals surface area contributed by atoms with Crippen molar-refractivity contribution in [1.29, 1.82) is 0 Å². The predicted molar refractivity (Wildman–Crippen MR) is 121 cm³/mol. The van der Waals surface area contributed by atoms with Gasteiger partial charge in [-0.2, -0.15) is 0 Å². The number of rotatable bonds is 7. The van der Waals surface area contributed by atoms with E-state index in [-0.39, 0.29) is 6.03 Å². The number of hydrogen-bond donors (Lipinski definition) is 2. The molecule has 4 rings (SSSR count). The van der Waals surface area contributed by atoms with Crippen molar-refractivity contribution in [3.63, 3.8) is 0 Å². The molecule has 2 aromatic heterocycles. The zero-order valence-corrected chi connectivity index (χ0v) is 17.7. The number of aromatic nitrogens is 2. The normalized spacial score (nSPS) is 10.4. The Morgan fingerprint density at radius 1 is 0.875 bits per heavy atom. The maximum Gasteiger partial charge on any atom is 0.319 e. The molecule has 8 heteroatoms. The average molecular weight is 430 g/mol. The lowest BCUT2D eigenvalue weighted by atomic mass is 10.2. The van der Waals surface area contributed by atoms with E-state index in [1.54, 1.807) is 63.0 Å². The highest BCUT2D eigenvalue weighted by molar-refractivity contribution is 5.89. The van der Waals surface area contributed by atoms with Crippen LogP contribution in [-0.4, -0.2) is 30.2 Å². The van der Waals surface area contributed by atoms with Crippen LogP contribution in [0, 0.1) is 0 Å². The lowest BCUT2D eigenvalue weighted by Crippen LogP contribution is -2.28. The van der Waals surface area contributed by atoms with Gasteiger partial charge in [-0.3, -0.25) is 9.97 Å². The third kappa shape index (κ3) is 4.86. The molecule has 8 nitrogen and oxygen atoms in total. The summed E-state index contributed by atoms with van der Waals surface area (Å²) in [5, 5.41) is 6.35. The fourth-order valence-corrected chi connectivity index (χ4v) is 3.12. The van der Waals surface area contributed by atoms with Gasteiger partial charge in [-0.05, 0) is 48.5 Å². The van der Waals surface area contributed by atoms with Crippen LogP contribution in [0.2, 0.25) is 0 Å². The standard InChI is InChI=1S/C24H22N4O4/c1-30-22-13-19-20(14-23(22)31-2)26-12-10-21(19)32-18-8-6-16(7-9-18)28-24(29)27-15-17-5-3-4-11-25-17/h3-14H,15H2,1-2H3,(H2,27,28,29). The minimum absolute atomic E-state index is 0.314. The van der Waals surface area contributed by atoms with Gasteiger partial charge in [-0.15, -0.1) is 0 Å². The summed E-state index contributed by atoms with van der Waals surface area (Å²) in [6, 6.07) is 17.7. The molecule has 2 N–H and O–H groups in total. The summed E-state index contributed by atoms with van der Waals surface area (Å²) >= 11 is 0. The van der Waals surface area contributed by atoms with Crippen molar-refractivity contribution < 1.29 is 19.0 Å². The quantitative estimate of drug-likeness (QED) is 0.439. The Bertz CT molecular complexity index is 1210. The second kappa shape index (κ2) is 9.65. The van der Waals surface area contributed by atoms with Crippen molar-refractivity contribution >= 4 is 22.6 Å². The smallest absolute Gasteiger partial charge is 0.319 e. The first kappa shape index (κ1) is 20.9. The number of carbonyl (C=O) groups excluding carboxylic acids is 1. The molecule has 2 heterocycles. The topological polar surface area (TPSA) is 94.6 Å². The number of carbonyl (C=O) groups is 1. The number of hydrogen-bond acceptors (Lipinski definition) is 6. The van der Waals surface area contributed by atoms with Crippen molar-refractivity contribution in [1.82, 2.24) is 15.3 Å². The molecule has 2 amide bonds. The molecule has 162 valence electrons. The van der Waals surface area contributed by atoms with Crippen molar-refractivity contribution in [2.24, 2.45) is 0 Å². The first-order valence-electron chi connectivity index (χ1n) is 9.89. The van der Waals surface area contributed by atoms with Crippen LogP contribution < -0.4 is 24.8 Å². The highest BCUT2D eigenvalue weighted by atomic mass is 16.5. The summed E-state index contributed by atoms with van der Waals surface area (Å²) in [5.74, 6) is 2.44. The van der Waals surface area contributed by atoms with Gasteiger partial charge in [0.05, 0.1) is 32.0 Å². The van der Waals surface area contributed by atoms with E-state index in [1.165, 1.54) is 0 Å². The van der Waals surface area contributed by atoms with E-state index in [0.29, 0.717) is 35.2 Å². The Morgan fingerprint density at radius 3 is 2.38 bits per heavy atom. The Kier molecular flexibility index (Phi) is 6.31. The van der Waals surface area contributed by atoms with Crippen LogP contribution in [0.1, 0.15) is 5.69 Å². The molecule has 0 aliphatic heterocycles. The lowest BCUT2D eigenvalue weighted by Gasteiger charge is -2.13. The molecule has 32 heavy (non-hydrogen) atoms. The molecule has 0 atom stereocenters. The van der Waals surface area contributed by atoms with Crippen LogP contribution in [-0.2, 0) is 6.54 Å². The van der Waals surface area contributed by atoms with E-state index >= 15 is 0 Å². The number of ether oxygens (including phenoxy) is 3. The second-order valence-corrected chi connectivity index (χ2v) is 6.79. The Morgan fingerprint density at radius 2 is 1.66 bits per heavy atom. The average Bonchev–Trinajstić information content (AvgIpc) is 2.84. The van der Waals surface area contributed by atoms with Gasteiger partial charge in [0, 0.05) is 29.5 Å². The van der Waals surface area contributed by atoms with Gasteiger partial charge in [0.25, 0.3) is 0 Å². The highest BCUT2D eigenvalue weighted by Gasteiger charge is 2.11. The Hall–Kier alpha value is -4.33. The molecule has 0 fully saturated rings. The van der Waals surface area contributed by atoms with Crippen molar-refractivity contribution in [2.75, 3.05) is 19.5 Å². The third-order valence-electron chi connectivity index (χ3n) is 4.70. The van der Waals surface area contributed by atoms with Crippen molar-refractivity contribution in [2.45, 2.75) is 6.54 Å². The van der Waals surface area contributed by atoms with Crippen molar-refractivity contribution in [3.8, 4) is 23.0 Å². The Balaban J connectivity index is 1.43. The number of methoxy groups -OCH3 is 2. The third-order valence-corrected chi connectivity index (χ3v) is 4.70. The molecule has 0 unspecified atom stereocenters. The number of pyridine rings is 2. The minimum Gasteiger partial charge on any atom is -0.493 e. The first-order chi connectivity index (χ1) is 15.7. The van der Waals surface area contributed by atoms with Gasteiger partial charge < -0.3 is 24.8 Å². The molecule has 0 radical (unpaired) electrons. The van der Waals surface area contributed by atoms with Crippen LogP contribution in [0.5, 0.6) is 23.0 Å². The molecule has 0 saturated carbocycles. The van der Waals surface area contributed by atoms with Crippen LogP contribution in [0.15, 0.2) is 73.1 Å². The summed E-state index contributed by atoms with van der Waals surface area (Å²) in [6.45, 7) is 0.344. The molecule has 0 spiro atoms. The molecule has 0 aliphatic carbocycles.